The highest BCUT2D eigenvalue weighted by atomic mass is 16.1. The maximum absolute atomic E-state index is 12.6. The van der Waals surface area contributed by atoms with Crippen LogP contribution in [-0.4, -0.2) is 40.6 Å². The third kappa shape index (κ3) is 4.39. The number of hydrogen-bond acceptors (Lipinski definition) is 5. The molecule has 0 aliphatic rings. The minimum atomic E-state index is -0.0876. The second-order valence-corrected chi connectivity index (χ2v) is 9.70. The molecule has 7 aromatic rings. The summed E-state index contributed by atoms with van der Waals surface area (Å²) >= 11 is 0. The van der Waals surface area contributed by atoms with Crippen molar-refractivity contribution in [2.75, 3.05) is 5.32 Å². The summed E-state index contributed by atoms with van der Waals surface area (Å²) in [5, 5.41) is 12.7. The Labute approximate surface area is 229 Å². The fourth-order valence-corrected chi connectivity index (χ4v) is 4.97. The molecule has 1 amide bonds. The number of hydrogen-bond donors (Lipinski definition) is 3. The smallest absolute Gasteiger partial charge is 0.228 e. The molecule has 3 N–H and O–H groups in total. The number of aromatic nitrogens is 7. The number of aryl methyl sites for hydroxylation is 1. The number of fused-ring (bicyclic) bond motifs is 2. The molecular formula is C31H24N8O. The standard InChI is InChI=1S/C31H24N8O/c1-19-17-39(18-34-19)28-9-10-33-31-25(28)14-27(36-31)30-24-13-21(7-8-26(24)37-38-30)22-12-23(16-32-15-22)35-29(40)11-20-5-3-2-4-6-20/h2-10,12-18H,11H2,1H3,(H,33,36)(H,35,40)(H,37,38). The molecule has 40 heavy (non-hydrogen) atoms. The van der Waals surface area contributed by atoms with E-state index in [1.165, 1.54) is 0 Å². The van der Waals surface area contributed by atoms with Crippen molar-refractivity contribution in [2.24, 2.45) is 0 Å². The first-order valence-corrected chi connectivity index (χ1v) is 12.9. The summed E-state index contributed by atoms with van der Waals surface area (Å²) < 4.78 is 2.00. The van der Waals surface area contributed by atoms with Crippen molar-refractivity contribution in [3.05, 3.63) is 109 Å². The molecule has 0 aliphatic heterocycles. The van der Waals surface area contributed by atoms with Gasteiger partial charge in [0.15, 0.2) is 0 Å². The van der Waals surface area contributed by atoms with E-state index < -0.39 is 0 Å². The lowest BCUT2D eigenvalue weighted by Gasteiger charge is -2.08. The van der Waals surface area contributed by atoms with E-state index in [1.54, 1.807) is 24.9 Å². The van der Waals surface area contributed by atoms with Crippen molar-refractivity contribution < 1.29 is 4.79 Å². The number of nitrogens with one attached hydrogen (secondary N) is 3. The van der Waals surface area contributed by atoms with Gasteiger partial charge < -0.3 is 14.9 Å². The quantitative estimate of drug-likeness (QED) is 0.253. The van der Waals surface area contributed by atoms with Crippen molar-refractivity contribution in [2.45, 2.75) is 13.3 Å². The Balaban J connectivity index is 1.21. The lowest BCUT2D eigenvalue weighted by atomic mass is 10.0. The number of pyridine rings is 2. The Morgan fingerprint density at radius 3 is 2.70 bits per heavy atom. The van der Waals surface area contributed by atoms with E-state index in [0.717, 1.165) is 61.4 Å². The summed E-state index contributed by atoms with van der Waals surface area (Å²) in [7, 11) is 0. The van der Waals surface area contributed by atoms with E-state index in [9.17, 15) is 4.79 Å². The molecule has 7 rings (SSSR count). The van der Waals surface area contributed by atoms with Crippen LogP contribution in [0.1, 0.15) is 11.3 Å². The van der Waals surface area contributed by atoms with Gasteiger partial charge in [-0.25, -0.2) is 9.97 Å². The molecule has 0 spiro atoms. The first-order valence-electron chi connectivity index (χ1n) is 12.9. The van der Waals surface area contributed by atoms with Crippen LogP contribution < -0.4 is 5.32 Å². The molecule has 5 aromatic heterocycles. The van der Waals surface area contributed by atoms with Gasteiger partial charge in [-0.3, -0.25) is 14.9 Å². The minimum absolute atomic E-state index is 0.0876. The third-order valence-electron chi connectivity index (χ3n) is 6.88. The summed E-state index contributed by atoms with van der Waals surface area (Å²) in [6.45, 7) is 1.97. The summed E-state index contributed by atoms with van der Waals surface area (Å²) in [6, 6.07) is 21.7. The highest BCUT2D eigenvalue weighted by Gasteiger charge is 2.15. The van der Waals surface area contributed by atoms with Gasteiger partial charge in [-0.15, -0.1) is 0 Å². The largest absolute Gasteiger partial charge is 0.338 e. The van der Waals surface area contributed by atoms with Crippen LogP contribution in [0.3, 0.4) is 0 Å². The maximum Gasteiger partial charge on any atom is 0.228 e. The van der Waals surface area contributed by atoms with E-state index in [2.05, 4.69) is 47.6 Å². The van der Waals surface area contributed by atoms with Gasteiger partial charge in [-0.1, -0.05) is 36.4 Å². The molecule has 0 radical (unpaired) electrons. The van der Waals surface area contributed by atoms with Crippen LogP contribution in [-0.2, 0) is 11.2 Å². The van der Waals surface area contributed by atoms with Crippen LogP contribution in [0.15, 0.2) is 97.8 Å². The lowest BCUT2D eigenvalue weighted by Crippen LogP contribution is -2.14. The maximum atomic E-state index is 12.6. The lowest BCUT2D eigenvalue weighted by molar-refractivity contribution is -0.115. The topological polar surface area (TPSA) is 117 Å². The number of rotatable bonds is 6. The number of imidazole rings is 1. The molecule has 9 nitrogen and oxygen atoms in total. The number of carbonyl (C=O) groups excluding carboxylic acids is 1. The molecule has 2 aromatic carbocycles. The Bertz CT molecular complexity index is 2000. The molecule has 0 saturated heterocycles. The SMILES string of the molecule is Cc1cn(-c2ccnc3[nH]c(-c4n[nH]c5ccc(-c6cncc(NC(=O)Cc7ccccc7)c6)cc45)cc23)cn1. The van der Waals surface area contributed by atoms with E-state index in [4.69, 9.17) is 0 Å². The van der Waals surface area contributed by atoms with Crippen LogP contribution >= 0.6 is 0 Å². The number of nitrogens with zero attached hydrogens (tertiary/aromatic N) is 5. The van der Waals surface area contributed by atoms with Gasteiger partial charge in [0.1, 0.15) is 11.3 Å². The zero-order valence-electron chi connectivity index (χ0n) is 21.6. The third-order valence-corrected chi connectivity index (χ3v) is 6.88. The van der Waals surface area contributed by atoms with Crippen LogP contribution in [0.25, 0.3) is 50.1 Å². The molecule has 0 unspecified atom stereocenters. The zero-order valence-corrected chi connectivity index (χ0v) is 21.6. The number of carbonyl (C=O) groups is 1. The summed E-state index contributed by atoms with van der Waals surface area (Å²) in [5.74, 6) is -0.0876. The van der Waals surface area contributed by atoms with E-state index in [1.807, 2.05) is 72.3 Å². The molecule has 0 atom stereocenters. The van der Waals surface area contributed by atoms with Crippen LogP contribution in [0.4, 0.5) is 5.69 Å². The van der Waals surface area contributed by atoms with Gasteiger partial charge in [0.2, 0.25) is 5.91 Å². The Morgan fingerprint density at radius 2 is 1.85 bits per heavy atom. The molecular weight excluding hydrogens is 500 g/mol. The van der Waals surface area contributed by atoms with E-state index in [0.29, 0.717) is 12.1 Å². The second kappa shape index (κ2) is 9.63. The van der Waals surface area contributed by atoms with E-state index in [-0.39, 0.29) is 5.91 Å². The first-order chi connectivity index (χ1) is 19.6. The van der Waals surface area contributed by atoms with Gasteiger partial charge in [-0.05, 0) is 48.4 Å². The van der Waals surface area contributed by atoms with Gasteiger partial charge in [0.05, 0.1) is 47.2 Å². The highest BCUT2D eigenvalue weighted by molar-refractivity contribution is 5.99. The number of amides is 1. The van der Waals surface area contributed by atoms with Crippen molar-refractivity contribution in [3.63, 3.8) is 0 Å². The molecule has 0 bridgehead atoms. The molecule has 9 heteroatoms. The van der Waals surface area contributed by atoms with Crippen molar-refractivity contribution in [1.29, 1.82) is 0 Å². The predicted molar refractivity (Wildman–Crippen MR) is 155 cm³/mol. The van der Waals surface area contributed by atoms with Crippen LogP contribution in [0.5, 0.6) is 0 Å². The van der Waals surface area contributed by atoms with E-state index >= 15 is 0 Å². The summed E-state index contributed by atoms with van der Waals surface area (Å²) in [6.07, 6.45) is 9.33. The molecule has 0 aliphatic carbocycles. The predicted octanol–water partition coefficient (Wildman–Crippen LogP) is 5.84. The zero-order chi connectivity index (χ0) is 27.1. The Hall–Kier alpha value is -5.57. The number of benzene rings is 2. The number of anilines is 1. The van der Waals surface area contributed by atoms with Crippen molar-refractivity contribution in [1.82, 2.24) is 34.7 Å². The molecule has 0 fully saturated rings. The summed E-state index contributed by atoms with van der Waals surface area (Å²) in [5.41, 5.74) is 8.74. The molecule has 5 heterocycles. The van der Waals surface area contributed by atoms with Gasteiger partial charge in [0.25, 0.3) is 0 Å². The van der Waals surface area contributed by atoms with Gasteiger partial charge in [0, 0.05) is 34.9 Å². The van der Waals surface area contributed by atoms with Crippen LogP contribution in [0, 0.1) is 6.92 Å². The highest BCUT2D eigenvalue weighted by Crippen LogP contribution is 2.33. The van der Waals surface area contributed by atoms with Crippen LogP contribution in [0.2, 0.25) is 0 Å². The number of aromatic amines is 2. The fraction of sp³-hybridized carbons (Fsp3) is 0.0645. The number of H-pyrrole nitrogens is 2. The van der Waals surface area contributed by atoms with Crippen molar-refractivity contribution in [3.8, 4) is 28.2 Å². The fourth-order valence-electron chi connectivity index (χ4n) is 4.97. The van der Waals surface area contributed by atoms with Crippen molar-refractivity contribution >= 4 is 33.5 Å². The summed E-state index contributed by atoms with van der Waals surface area (Å²) in [4.78, 5) is 29.3. The van der Waals surface area contributed by atoms with Gasteiger partial charge in [-0.2, -0.15) is 5.10 Å². The molecule has 194 valence electrons. The van der Waals surface area contributed by atoms with Gasteiger partial charge >= 0.3 is 0 Å². The monoisotopic (exact) mass is 524 g/mol. The average molecular weight is 525 g/mol. The Morgan fingerprint density at radius 1 is 0.950 bits per heavy atom. The molecule has 0 saturated carbocycles. The normalized spacial score (nSPS) is 11.3. The second-order valence-electron chi connectivity index (χ2n) is 9.70. The minimum Gasteiger partial charge on any atom is -0.338 e. The average Bonchev–Trinajstić information content (AvgIpc) is 3.71. The first kappa shape index (κ1) is 23.5. The Kier molecular flexibility index (Phi) is 5.67.